The number of benzene rings is 1. The zero-order valence-electron chi connectivity index (χ0n) is 14.5. The molecule has 0 radical (unpaired) electrons. The van der Waals surface area contributed by atoms with Crippen LogP contribution >= 0.6 is 24.0 Å². The highest BCUT2D eigenvalue weighted by atomic mass is 32.2. The number of nitrogens with zero attached hydrogens (tertiary/aromatic N) is 2. The van der Waals surface area contributed by atoms with Gasteiger partial charge in [0.2, 0.25) is 5.91 Å². The molecular weight excluding hydrogens is 390 g/mol. The number of rotatable bonds is 4. The van der Waals surface area contributed by atoms with Gasteiger partial charge in [0, 0.05) is 12.5 Å². The minimum Gasteiger partial charge on any atom is -0.465 e. The maximum absolute atomic E-state index is 13.0. The Morgan fingerprint density at radius 2 is 1.93 bits per heavy atom. The van der Waals surface area contributed by atoms with E-state index in [1.807, 2.05) is 0 Å². The molecule has 0 atom stereocenters. The van der Waals surface area contributed by atoms with Crippen molar-refractivity contribution in [2.24, 2.45) is 0 Å². The summed E-state index contributed by atoms with van der Waals surface area (Å²) in [5.41, 5.74) is 3.53. The summed E-state index contributed by atoms with van der Waals surface area (Å²) in [4.78, 5) is 50.3. The van der Waals surface area contributed by atoms with Crippen molar-refractivity contribution in [2.75, 3.05) is 18.1 Å². The van der Waals surface area contributed by atoms with Gasteiger partial charge in [0.15, 0.2) is 4.32 Å². The molecule has 1 aromatic carbocycles. The zero-order valence-corrected chi connectivity index (χ0v) is 16.1. The summed E-state index contributed by atoms with van der Waals surface area (Å²) in [6.45, 7) is 2.86. The number of amides is 3. The van der Waals surface area contributed by atoms with Crippen molar-refractivity contribution in [3.05, 3.63) is 34.7 Å². The number of nitrogens with one attached hydrogen (secondary N) is 1. The summed E-state index contributed by atoms with van der Waals surface area (Å²) in [5.74, 6) is -2.09. The van der Waals surface area contributed by atoms with Crippen molar-refractivity contribution in [2.45, 2.75) is 13.8 Å². The van der Waals surface area contributed by atoms with Crippen LogP contribution in [0.25, 0.3) is 5.57 Å². The number of thioether (sulfide) groups is 1. The van der Waals surface area contributed by atoms with E-state index in [9.17, 15) is 19.2 Å². The van der Waals surface area contributed by atoms with E-state index < -0.39 is 23.7 Å². The molecule has 0 aliphatic carbocycles. The second kappa shape index (κ2) is 7.49. The molecule has 1 N–H and O–H groups in total. The average Bonchev–Trinajstić information content (AvgIpc) is 3.03. The van der Waals surface area contributed by atoms with E-state index in [2.05, 4.69) is 5.43 Å². The predicted molar refractivity (Wildman–Crippen MR) is 103 cm³/mol. The van der Waals surface area contributed by atoms with Gasteiger partial charge in [0.1, 0.15) is 6.54 Å². The van der Waals surface area contributed by atoms with Crippen LogP contribution in [0.1, 0.15) is 19.4 Å². The molecule has 10 heteroatoms. The molecule has 1 fully saturated rings. The van der Waals surface area contributed by atoms with Gasteiger partial charge in [-0.25, -0.2) is 0 Å². The lowest BCUT2D eigenvalue weighted by Gasteiger charge is -2.15. The molecule has 0 aromatic heterocycles. The standard InChI is InChI=1S/C17H15N3O5S2/c1-3-25-12(22)8-19-11-7-5-4-6-10(11)13(15(19)23)14-16(24)20(17(26)27-14)18-9(2)21/h4-7H,3,8H2,1-2H3,(H,18,21). The molecule has 8 nitrogen and oxygen atoms in total. The van der Waals surface area contributed by atoms with Crippen molar-refractivity contribution in [3.63, 3.8) is 0 Å². The molecule has 140 valence electrons. The van der Waals surface area contributed by atoms with Crippen LogP contribution in [0.2, 0.25) is 0 Å². The molecule has 0 spiro atoms. The first-order chi connectivity index (χ1) is 12.8. The fourth-order valence-electron chi connectivity index (χ4n) is 2.77. The van der Waals surface area contributed by atoms with E-state index in [-0.39, 0.29) is 28.0 Å². The summed E-state index contributed by atoms with van der Waals surface area (Å²) in [5, 5.41) is 0.939. The first-order valence-electron chi connectivity index (χ1n) is 7.99. The van der Waals surface area contributed by atoms with Crippen LogP contribution < -0.4 is 10.3 Å². The third kappa shape index (κ3) is 3.45. The molecule has 2 heterocycles. The van der Waals surface area contributed by atoms with Crippen LogP contribution in [-0.2, 0) is 23.9 Å². The lowest BCUT2D eigenvalue weighted by atomic mass is 10.1. The fourth-order valence-corrected chi connectivity index (χ4v) is 4.02. The minimum atomic E-state index is -0.587. The van der Waals surface area contributed by atoms with Crippen LogP contribution in [0.4, 0.5) is 5.69 Å². The SMILES string of the molecule is CCOC(=O)CN1C(=O)C(=C2SC(=S)N(NC(C)=O)C2=O)c2ccccc21. The minimum absolute atomic E-state index is 0.109. The van der Waals surface area contributed by atoms with Gasteiger partial charge in [0.05, 0.1) is 22.8 Å². The zero-order chi connectivity index (χ0) is 19.7. The van der Waals surface area contributed by atoms with Crippen LogP contribution in [-0.4, -0.2) is 46.2 Å². The smallest absolute Gasteiger partial charge is 0.326 e. The largest absolute Gasteiger partial charge is 0.465 e. The number of fused-ring (bicyclic) bond motifs is 1. The molecular formula is C17H15N3O5S2. The summed E-state index contributed by atoms with van der Waals surface area (Å²) >= 11 is 6.07. The lowest BCUT2D eigenvalue weighted by Crippen LogP contribution is -2.43. The number of thiocarbonyl (C=S) groups is 1. The van der Waals surface area contributed by atoms with E-state index in [4.69, 9.17) is 17.0 Å². The van der Waals surface area contributed by atoms with Gasteiger partial charge in [-0.3, -0.25) is 29.5 Å². The highest BCUT2D eigenvalue weighted by molar-refractivity contribution is 8.26. The normalized spacial score (nSPS) is 18.8. The number of carbonyl (C=O) groups excluding carboxylic acids is 4. The topological polar surface area (TPSA) is 96.0 Å². The third-order valence-electron chi connectivity index (χ3n) is 3.78. The molecule has 3 amide bonds. The van der Waals surface area contributed by atoms with Crippen molar-refractivity contribution >= 4 is 63.3 Å². The van der Waals surface area contributed by atoms with Crippen LogP contribution in [0, 0.1) is 0 Å². The van der Waals surface area contributed by atoms with Crippen molar-refractivity contribution in [1.29, 1.82) is 0 Å². The van der Waals surface area contributed by atoms with Crippen molar-refractivity contribution < 1.29 is 23.9 Å². The van der Waals surface area contributed by atoms with E-state index in [0.717, 1.165) is 16.8 Å². The Bertz CT molecular complexity index is 912. The predicted octanol–water partition coefficient (Wildman–Crippen LogP) is 1.22. The second-order valence-electron chi connectivity index (χ2n) is 5.59. The van der Waals surface area contributed by atoms with Crippen LogP contribution in [0.15, 0.2) is 29.2 Å². The van der Waals surface area contributed by atoms with Gasteiger partial charge in [-0.2, -0.15) is 5.01 Å². The number of hydrazine groups is 1. The van der Waals surface area contributed by atoms with Gasteiger partial charge < -0.3 is 4.74 Å². The Morgan fingerprint density at radius 1 is 1.22 bits per heavy atom. The summed E-state index contributed by atoms with van der Waals surface area (Å²) in [6, 6.07) is 6.84. The second-order valence-corrected chi connectivity index (χ2v) is 7.24. The molecule has 0 saturated carbocycles. The van der Waals surface area contributed by atoms with Crippen molar-refractivity contribution in [3.8, 4) is 0 Å². The molecule has 27 heavy (non-hydrogen) atoms. The Morgan fingerprint density at radius 3 is 2.59 bits per heavy atom. The molecule has 1 aromatic rings. The Kier molecular flexibility index (Phi) is 5.29. The Hall–Kier alpha value is -2.72. The molecule has 0 unspecified atom stereocenters. The number of anilines is 1. The summed E-state index contributed by atoms with van der Waals surface area (Å²) in [6.07, 6.45) is 0. The van der Waals surface area contributed by atoms with Gasteiger partial charge >= 0.3 is 5.97 Å². The van der Waals surface area contributed by atoms with E-state index in [1.54, 1.807) is 31.2 Å². The van der Waals surface area contributed by atoms with E-state index in [0.29, 0.717) is 11.3 Å². The number of para-hydroxylation sites is 1. The highest BCUT2D eigenvalue weighted by Gasteiger charge is 2.43. The number of ether oxygens (including phenoxy) is 1. The van der Waals surface area contributed by atoms with Crippen molar-refractivity contribution in [1.82, 2.24) is 10.4 Å². The maximum atomic E-state index is 13.0. The molecule has 0 bridgehead atoms. The van der Waals surface area contributed by atoms with Gasteiger partial charge in [-0.05, 0) is 25.2 Å². The van der Waals surface area contributed by atoms with Gasteiger partial charge in [-0.15, -0.1) is 0 Å². The van der Waals surface area contributed by atoms with E-state index in [1.165, 1.54) is 11.8 Å². The maximum Gasteiger partial charge on any atom is 0.326 e. The number of carbonyl (C=O) groups is 4. The molecule has 3 rings (SSSR count). The Labute approximate surface area is 164 Å². The van der Waals surface area contributed by atoms with Crippen LogP contribution in [0.3, 0.4) is 0 Å². The lowest BCUT2D eigenvalue weighted by molar-refractivity contribution is -0.142. The highest BCUT2D eigenvalue weighted by Crippen LogP contribution is 2.44. The fraction of sp³-hybridized carbons (Fsp3) is 0.235. The first-order valence-corrected chi connectivity index (χ1v) is 9.22. The quantitative estimate of drug-likeness (QED) is 0.457. The van der Waals surface area contributed by atoms with Crippen LogP contribution in [0.5, 0.6) is 0 Å². The number of hydrogen-bond acceptors (Lipinski definition) is 7. The number of hydrogen-bond donors (Lipinski definition) is 1. The summed E-state index contributed by atoms with van der Waals surface area (Å²) < 4.78 is 5.05. The number of esters is 1. The monoisotopic (exact) mass is 405 g/mol. The average molecular weight is 405 g/mol. The molecule has 1 saturated heterocycles. The molecule has 2 aliphatic rings. The Balaban J connectivity index is 2.04. The molecule has 2 aliphatic heterocycles. The van der Waals surface area contributed by atoms with Gasteiger partial charge in [-0.1, -0.05) is 30.0 Å². The van der Waals surface area contributed by atoms with Gasteiger partial charge in [0.25, 0.3) is 11.8 Å². The summed E-state index contributed by atoms with van der Waals surface area (Å²) in [7, 11) is 0. The van der Waals surface area contributed by atoms with E-state index >= 15 is 0 Å². The first kappa shape index (κ1) is 19.1. The third-order valence-corrected chi connectivity index (χ3v) is 5.15.